The van der Waals surface area contributed by atoms with Gasteiger partial charge in [-0.3, -0.25) is 9.97 Å². The molecule has 4 nitrogen and oxygen atoms in total. The largest absolute Gasteiger partial charge is 0.254 e. The molecule has 0 aliphatic carbocycles. The zero-order valence-electron chi connectivity index (χ0n) is 25.6. The number of pyridine rings is 2. The molecule has 0 saturated heterocycles. The minimum atomic E-state index is 0.870. The normalized spacial score (nSPS) is 11.3. The smallest absolute Gasteiger partial charge is 0.0995 e. The van der Waals surface area contributed by atoms with E-state index in [0.717, 1.165) is 50.4 Å². The number of hydrogen-bond donors (Lipinski definition) is 0. The molecule has 0 amide bonds. The molecule has 0 radical (unpaired) electrons. The van der Waals surface area contributed by atoms with E-state index in [-0.39, 0.29) is 0 Å². The van der Waals surface area contributed by atoms with Crippen molar-refractivity contribution in [2.24, 2.45) is 0 Å². The standard InChI is InChI=1S/C42H26N4S2/c1-2-7-27(8-3-1)28-9-6-10-29(19-28)30-13-16-35-36(20-30)42(32-15-18-38(44-22-32)40-24-48-26-46-40)34-12-5-4-11-33(34)41(35)31-14-17-37(43-21-31)39-23-47-25-45-39/h1-26H. The van der Waals surface area contributed by atoms with E-state index in [1.54, 1.807) is 22.7 Å². The molecular weight excluding hydrogens is 625 g/mol. The van der Waals surface area contributed by atoms with Crippen molar-refractivity contribution in [3.05, 3.63) is 156 Å². The monoisotopic (exact) mass is 650 g/mol. The predicted octanol–water partition coefficient (Wildman–Crippen LogP) is 11.7. The van der Waals surface area contributed by atoms with Crippen LogP contribution in [-0.2, 0) is 0 Å². The molecule has 6 heteroatoms. The molecule has 0 spiro atoms. The topological polar surface area (TPSA) is 51.6 Å². The summed E-state index contributed by atoms with van der Waals surface area (Å²) in [6.07, 6.45) is 3.97. The Bertz CT molecular complexity index is 2520. The highest BCUT2D eigenvalue weighted by atomic mass is 32.1. The third kappa shape index (κ3) is 5.08. The summed E-state index contributed by atoms with van der Waals surface area (Å²) in [5, 5.41) is 8.73. The molecule has 48 heavy (non-hydrogen) atoms. The molecule has 0 unspecified atom stereocenters. The van der Waals surface area contributed by atoms with Gasteiger partial charge in [-0.25, -0.2) is 9.97 Å². The van der Waals surface area contributed by atoms with Crippen LogP contribution in [0.15, 0.2) is 156 Å². The fourth-order valence-electron chi connectivity index (χ4n) is 6.55. The Morgan fingerprint density at radius 1 is 0.333 bits per heavy atom. The Morgan fingerprint density at radius 3 is 1.40 bits per heavy atom. The number of fused-ring (bicyclic) bond motifs is 2. The van der Waals surface area contributed by atoms with Gasteiger partial charge in [0.25, 0.3) is 0 Å². The molecule has 0 atom stereocenters. The highest BCUT2D eigenvalue weighted by Gasteiger charge is 2.19. The van der Waals surface area contributed by atoms with Crippen LogP contribution in [0.1, 0.15) is 0 Å². The van der Waals surface area contributed by atoms with Gasteiger partial charge in [0, 0.05) is 34.3 Å². The molecule has 9 rings (SSSR count). The van der Waals surface area contributed by atoms with Gasteiger partial charge < -0.3 is 0 Å². The quantitative estimate of drug-likeness (QED) is 0.168. The SMILES string of the molecule is c1ccc(-c2cccc(-c3ccc4c(-c5ccc(-c6cscn6)nc5)c5ccccc5c(-c5ccc(-c6cscn6)nc5)c4c3)c2)cc1. The Labute approximate surface area is 285 Å². The zero-order chi connectivity index (χ0) is 31.9. The number of aromatic nitrogens is 4. The van der Waals surface area contributed by atoms with Crippen molar-refractivity contribution >= 4 is 44.2 Å². The van der Waals surface area contributed by atoms with Crippen molar-refractivity contribution in [1.29, 1.82) is 0 Å². The second kappa shape index (κ2) is 12.1. The first-order valence-corrected chi connectivity index (χ1v) is 17.5. The van der Waals surface area contributed by atoms with Crippen LogP contribution in [0.3, 0.4) is 0 Å². The maximum atomic E-state index is 4.88. The van der Waals surface area contributed by atoms with Crippen molar-refractivity contribution in [2.75, 3.05) is 0 Å². The lowest BCUT2D eigenvalue weighted by atomic mass is 9.85. The fraction of sp³-hybridized carbons (Fsp3) is 0. The van der Waals surface area contributed by atoms with Crippen LogP contribution in [0.25, 0.3) is 88.8 Å². The summed E-state index contributed by atoms with van der Waals surface area (Å²) in [5.41, 5.74) is 16.4. The molecule has 4 aromatic heterocycles. The van der Waals surface area contributed by atoms with Crippen molar-refractivity contribution < 1.29 is 0 Å². The maximum absolute atomic E-state index is 4.88. The predicted molar refractivity (Wildman–Crippen MR) is 201 cm³/mol. The Morgan fingerprint density at radius 2 is 0.833 bits per heavy atom. The van der Waals surface area contributed by atoms with Crippen molar-refractivity contribution in [3.8, 4) is 67.3 Å². The van der Waals surface area contributed by atoms with Gasteiger partial charge in [-0.2, -0.15) is 0 Å². The van der Waals surface area contributed by atoms with Gasteiger partial charge in [0.15, 0.2) is 0 Å². The van der Waals surface area contributed by atoms with Crippen molar-refractivity contribution in [1.82, 2.24) is 19.9 Å². The Balaban J connectivity index is 1.28. The summed E-state index contributed by atoms with van der Waals surface area (Å²) in [5.74, 6) is 0. The van der Waals surface area contributed by atoms with E-state index >= 15 is 0 Å². The first kappa shape index (κ1) is 28.4. The zero-order valence-corrected chi connectivity index (χ0v) is 27.2. The molecule has 0 aliphatic heterocycles. The lowest BCUT2D eigenvalue weighted by molar-refractivity contribution is 1.28. The number of benzene rings is 5. The van der Waals surface area contributed by atoms with Crippen LogP contribution in [0.5, 0.6) is 0 Å². The molecule has 0 bridgehead atoms. The van der Waals surface area contributed by atoms with Crippen LogP contribution < -0.4 is 0 Å². The van der Waals surface area contributed by atoms with Gasteiger partial charge in [-0.05, 0) is 79.2 Å². The number of hydrogen-bond acceptors (Lipinski definition) is 6. The number of thiazole rings is 2. The Hall–Kier alpha value is -5.82. The van der Waals surface area contributed by atoms with Crippen LogP contribution in [0.2, 0.25) is 0 Å². The third-order valence-electron chi connectivity index (χ3n) is 8.82. The van der Waals surface area contributed by atoms with E-state index in [1.165, 1.54) is 38.4 Å². The molecule has 226 valence electrons. The minimum Gasteiger partial charge on any atom is -0.254 e. The van der Waals surface area contributed by atoms with E-state index in [0.29, 0.717) is 0 Å². The van der Waals surface area contributed by atoms with Gasteiger partial charge >= 0.3 is 0 Å². The Kier molecular flexibility index (Phi) is 7.15. The molecule has 0 fully saturated rings. The summed E-state index contributed by atoms with van der Waals surface area (Å²) in [4.78, 5) is 18.7. The van der Waals surface area contributed by atoms with E-state index in [2.05, 4.69) is 131 Å². The highest BCUT2D eigenvalue weighted by Crippen LogP contribution is 2.45. The summed E-state index contributed by atoms with van der Waals surface area (Å²) in [7, 11) is 0. The third-order valence-corrected chi connectivity index (χ3v) is 9.99. The average molecular weight is 651 g/mol. The van der Waals surface area contributed by atoms with Crippen LogP contribution in [0, 0.1) is 0 Å². The number of rotatable bonds is 6. The van der Waals surface area contributed by atoms with Crippen molar-refractivity contribution in [3.63, 3.8) is 0 Å². The summed E-state index contributed by atoms with van der Waals surface area (Å²) >= 11 is 3.16. The second-order valence-electron chi connectivity index (χ2n) is 11.6. The minimum absolute atomic E-state index is 0.870. The van der Waals surface area contributed by atoms with Crippen molar-refractivity contribution in [2.45, 2.75) is 0 Å². The molecule has 0 saturated carbocycles. The van der Waals surface area contributed by atoms with Crippen LogP contribution >= 0.6 is 22.7 Å². The highest BCUT2D eigenvalue weighted by molar-refractivity contribution is 7.08. The van der Waals surface area contributed by atoms with Gasteiger partial charge in [-0.1, -0.05) is 97.1 Å². The van der Waals surface area contributed by atoms with E-state index in [9.17, 15) is 0 Å². The second-order valence-corrected chi connectivity index (χ2v) is 13.1. The first-order valence-electron chi connectivity index (χ1n) is 15.6. The van der Waals surface area contributed by atoms with Gasteiger partial charge in [-0.15, -0.1) is 22.7 Å². The van der Waals surface area contributed by atoms with E-state index in [4.69, 9.17) is 9.97 Å². The van der Waals surface area contributed by atoms with Gasteiger partial charge in [0.05, 0.1) is 33.8 Å². The molecule has 4 heterocycles. The summed E-state index contributed by atoms with van der Waals surface area (Å²) in [6.45, 7) is 0. The molecule has 9 aromatic rings. The summed E-state index contributed by atoms with van der Waals surface area (Å²) in [6, 6.07) is 43.4. The molecule has 0 N–H and O–H groups in total. The molecule has 0 aliphatic rings. The van der Waals surface area contributed by atoms with Gasteiger partial charge in [0.1, 0.15) is 0 Å². The lowest BCUT2D eigenvalue weighted by Crippen LogP contribution is -1.93. The van der Waals surface area contributed by atoms with Crippen LogP contribution in [-0.4, -0.2) is 19.9 Å². The number of nitrogens with zero attached hydrogens (tertiary/aromatic N) is 4. The molecular formula is C42H26N4S2. The van der Waals surface area contributed by atoms with E-state index < -0.39 is 0 Å². The van der Waals surface area contributed by atoms with Gasteiger partial charge in [0.2, 0.25) is 0 Å². The summed E-state index contributed by atoms with van der Waals surface area (Å²) < 4.78 is 0. The first-order chi connectivity index (χ1) is 23.8. The van der Waals surface area contributed by atoms with E-state index in [1.807, 2.05) is 34.2 Å². The maximum Gasteiger partial charge on any atom is 0.0995 e. The fourth-order valence-corrected chi connectivity index (χ4v) is 7.65. The van der Waals surface area contributed by atoms with Crippen LogP contribution in [0.4, 0.5) is 0 Å². The molecule has 5 aromatic carbocycles. The average Bonchev–Trinajstić information content (AvgIpc) is 3.91. The lowest BCUT2D eigenvalue weighted by Gasteiger charge is -2.19.